The number of aromatic nitrogens is 2. The van der Waals surface area contributed by atoms with Gasteiger partial charge < -0.3 is 15.2 Å². The number of fused-ring (bicyclic) bond motifs is 1. The Morgan fingerprint density at radius 2 is 2.50 bits per heavy atom. The predicted molar refractivity (Wildman–Crippen MR) is 71.8 cm³/mol. The maximum Gasteiger partial charge on any atom is 0.354 e. The number of nitrogens with one attached hydrogen (secondary N) is 1. The van der Waals surface area contributed by atoms with Crippen LogP contribution in [0.15, 0.2) is 12.3 Å². The van der Waals surface area contributed by atoms with Gasteiger partial charge in [0.2, 0.25) is 5.95 Å². The lowest BCUT2D eigenvalue weighted by Gasteiger charge is -2.35. The van der Waals surface area contributed by atoms with E-state index in [1.54, 1.807) is 0 Å². The first-order valence-electron chi connectivity index (χ1n) is 6.88. The molecule has 0 radical (unpaired) electrons. The lowest BCUT2D eigenvalue weighted by atomic mass is 10.2. The van der Waals surface area contributed by atoms with Crippen molar-refractivity contribution >= 4 is 11.9 Å². The van der Waals surface area contributed by atoms with Gasteiger partial charge in [-0.25, -0.2) is 14.8 Å². The second-order valence-corrected chi connectivity index (χ2v) is 5.20. The second kappa shape index (κ2) is 5.72. The molecule has 2 fully saturated rings. The number of nitrogens with zero attached hydrogens (tertiary/aromatic N) is 3. The van der Waals surface area contributed by atoms with Crippen LogP contribution >= 0.6 is 0 Å². The van der Waals surface area contributed by atoms with Crippen molar-refractivity contribution in [3.63, 3.8) is 0 Å². The van der Waals surface area contributed by atoms with Crippen LogP contribution in [0, 0.1) is 0 Å². The molecular weight excluding hydrogens is 260 g/mol. The van der Waals surface area contributed by atoms with Crippen LogP contribution < -0.4 is 5.32 Å². The molecule has 3 rings (SSSR count). The zero-order valence-corrected chi connectivity index (χ0v) is 11.2. The van der Waals surface area contributed by atoms with Crippen molar-refractivity contribution < 1.29 is 14.6 Å². The van der Waals surface area contributed by atoms with E-state index in [2.05, 4.69) is 20.2 Å². The number of rotatable bonds is 4. The average molecular weight is 278 g/mol. The van der Waals surface area contributed by atoms with Crippen LogP contribution in [-0.2, 0) is 4.74 Å². The highest BCUT2D eigenvalue weighted by Crippen LogP contribution is 2.22. The molecule has 2 unspecified atom stereocenters. The highest BCUT2D eigenvalue weighted by Gasteiger charge is 2.32. The molecule has 7 heteroatoms. The Kier molecular flexibility index (Phi) is 3.79. The fourth-order valence-electron chi connectivity index (χ4n) is 2.78. The maximum atomic E-state index is 10.8. The molecule has 0 spiro atoms. The predicted octanol–water partition coefficient (Wildman–Crippen LogP) is 0.450. The van der Waals surface area contributed by atoms with Crippen molar-refractivity contribution in [2.24, 2.45) is 0 Å². The first-order valence-corrected chi connectivity index (χ1v) is 6.88. The molecule has 0 aromatic carbocycles. The Morgan fingerprint density at radius 3 is 3.35 bits per heavy atom. The number of carboxylic acids is 1. The summed E-state index contributed by atoms with van der Waals surface area (Å²) in [6.07, 6.45) is 4.01. The van der Waals surface area contributed by atoms with Gasteiger partial charge in [-0.2, -0.15) is 0 Å². The third-order valence-electron chi connectivity index (χ3n) is 3.82. The minimum absolute atomic E-state index is 0.00771. The van der Waals surface area contributed by atoms with Gasteiger partial charge in [-0.3, -0.25) is 4.90 Å². The first-order chi connectivity index (χ1) is 9.72. The minimum Gasteiger partial charge on any atom is -0.477 e. The van der Waals surface area contributed by atoms with Crippen molar-refractivity contribution in [2.75, 3.05) is 31.6 Å². The van der Waals surface area contributed by atoms with Crippen LogP contribution in [0.5, 0.6) is 0 Å². The third-order valence-corrected chi connectivity index (χ3v) is 3.82. The summed E-state index contributed by atoms with van der Waals surface area (Å²) in [5, 5.41) is 11.9. The summed E-state index contributed by atoms with van der Waals surface area (Å²) < 4.78 is 5.82. The number of aromatic carboxylic acids is 1. The Morgan fingerprint density at radius 1 is 1.60 bits per heavy atom. The molecule has 3 heterocycles. The van der Waals surface area contributed by atoms with Gasteiger partial charge in [0.15, 0.2) is 5.69 Å². The number of anilines is 1. The van der Waals surface area contributed by atoms with E-state index in [0.717, 1.165) is 19.7 Å². The van der Waals surface area contributed by atoms with Gasteiger partial charge in [0.25, 0.3) is 0 Å². The lowest BCUT2D eigenvalue weighted by molar-refractivity contribution is -0.0416. The number of hydrogen-bond acceptors (Lipinski definition) is 6. The van der Waals surface area contributed by atoms with E-state index in [0.29, 0.717) is 18.5 Å². The molecule has 0 aliphatic carbocycles. The van der Waals surface area contributed by atoms with Crippen molar-refractivity contribution in [1.82, 2.24) is 14.9 Å². The fourth-order valence-corrected chi connectivity index (χ4v) is 2.78. The van der Waals surface area contributed by atoms with Crippen LogP contribution in [0.25, 0.3) is 0 Å². The standard InChI is InChI=1S/C13H18N4O3/c18-12(19)11-3-4-14-13(16-11)15-6-10-7-17-5-1-2-9(17)8-20-10/h3-4,9-10H,1-2,5-8H2,(H,18,19)(H,14,15,16). The van der Waals surface area contributed by atoms with Gasteiger partial charge >= 0.3 is 5.97 Å². The summed E-state index contributed by atoms with van der Waals surface area (Å²) in [5.74, 6) is -0.721. The van der Waals surface area contributed by atoms with E-state index < -0.39 is 5.97 Å². The summed E-state index contributed by atoms with van der Waals surface area (Å²) in [4.78, 5) is 21.2. The molecule has 2 N–H and O–H groups in total. The first kappa shape index (κ1) is 13.3. The summed E-state index contributed by atoms with van der Waals surface area (Å²) in [6, 6.07) is 1.96. The van der Waals surface area contributed by atoms with E-state index in [1.807, 2.05) is 0 Å². The molecule has 1 aromatic rings. The molecule has 2 aliphatic heterocycles. The van der Waals surface area contributed by atoms with Crippen molar-refractivity contribution in [3.8, 4) is 0 Å². The highest BCUT2D eigenvalue weighted by atomic mass is 16.5. The smallest absolute Gasteiger partial charge is 0.354 e. The van der Waals surface area contributed by atoms with Gasteiger partial charge in [-0.15, -0.1) is 0 Å². The Hall–Kier alpha value is -1.73. The molecule has 108 valence electrons. The molecule has 20 heavy (non-hydrogen) atoms. The summed E-state index contributed by atoms with van der Waals surface area (Å²) in [6.45, 7) is 3.43. The number of ether oxygens (including phenoxy) is 1. The molecule has 0 saturated carbocycles. The molecule has 1 aromatic heterocycles. The van der Waals surface area contributed by atoms with E-state index >= 15 is 0 Å². The molecule has 0 amide bonds. The number of hydrogen-bond donors (Lipinski definition) is 2. The zero-order chi connectivity index (χ0) is 13.9. The van der Waals surface area contributed by atoms with Gasteiger partial charge in [-0.1, -0.05) is 0 Å². The normalized spacial score (nSPS) is 26.2. The van der Waals surface area contributed by atoms with Gasteiger partial charge in [0.1, 0.15) is 0 Å². The highest BCUT2D eigenvalue weighted by molar-refractivity contribution is 5.85. The molecule has 0 bridgehead atoms. The summed E-state index contributed by atoms with van der Waals surface area (Å²) in [7, 11) is 0. The van der Waals surface area contributed by atoms with Crippen LogP contribution in [-0.4, -0.2) is 64.3 Å². The van der Waals surface area contributed by atoms with Gasteiger partial charge in [0, 0.05) is 25.3 Å². The molecular formula is C13H18N4O3. The molecule has 2 aliphatic rings. The number of carboxylic acid groups (broad SMARTS) is 1. The molecule has 7 nitrogen and oxygen atoms in total. The zero-order valence-electron chi connectivity index (χ0n) is 11.2. The van der Waals surface area contributed by atoms with Crippen molar-refractivity contribution in [1.29, 1.82) is 0 Å². The van der Waals surface area contributed by atoms with Crippen LogP contribution in [0.4, 0.5) is 5.95 Å². The average Bonchev–Trinajstić information content (AvgIpc) is 2.93. The van der Waals surface area contributed by atoms with Crippen LogP contribution in [0.2, 0.25) is 0 Å². The van der Waals surface area contributed by atoms with Gasteiger partial charge in [-0.05, 0) is 25.5 Å². The SMILES string of the molecule is O=C(O)c1ccnc(NCC2CN3CCCC3CO2)n1. The van der Waals surface area contributed by atoms with Gasteiger partial charge in [0.05, 0.1) is 12.7 Å². The topological polar surface area (TPSA) is 87.6 Å². The molecule has 2 atom stereocenters. The third kappa shape index (κ3) is 2.88. The Bertz CT molecular complexity index is 496. The Balaban J connectivity index is 1.54. The quantitative estimate of drug-likeness (QED) is 0.826. The summed E-state index contributed by atoms with van der Waals surface area (Å²) >= 11 is 0. The van der Waals surface area contributed by atoms with Crippen LogP contribution in [0.1, 0.15) is 23.3 Å². The monoisotopic (exact) mass is 278 g/mol. The van der Waals surface area contributed by atoms with Crippen molar-refractivity contribution in [2.45, 2.75) is 25.0 Å². The minimum atomic E-state index is -1.05. The maximum absolute atomic E-state index is 10.8. The fraction of sp³-hybridized carbons (Fsp3) is 0.615. The number of morpholine rings is 1. The largest absolute Gasteiger partial charge is 0.477 e. The Labute approximate surface area is 117 Å². The van der Waals surface area contributed by atoms with E-state index in [9.17, 15) is 4.79 Å². The lowest BCUT2D eigenvalue weighted by Crippen LogP contribution is -2.48. The molecule has 2 saturated heterocycles. The summed E-state index contributed by atoms with van der Waals surface area (Å²) in [5.41, 5.74) is -0.00771. The van der Waals surface area contributed by atoms with E-state index in [-0.39, 0.29) is 11.8 Å². The second-order valence-electron chi connectivity index (χ2n) is 5.20. The van der Waals surface area contributed by atoms with Crippen molar-refractivity contribution in [3.05, 3.63) is 18.0 Å². The van der Waals surface area contributed by atoms with Crippen LogP contribution in [0.3, 0.4) is 0 Å². The van der Waals surface area contributed by atoms with E-state index in [1.165, 1.54) is 25.1 Å². The van der Waals surface area contributed by atoms with E-state index in [4.69, 9.17) is 9.84 Å². The number of carbonyl (C=O) groups is 1.